The first-order chi connectivity index (χ1) is 9.45. The van der Waals surface area contributed by atoms with Crippen molar-refractivity contribution >= 4 is 23.8 Å². The zero-order valence-corrected chi connectivity index (χ0v) is 11.6. The fraction of sp³-hybridized carbons (Fsp3) is 0.600. The van der Waals surface area contributed by atoms with Crippen LogP contribution in [0.4, 0.5) is 0 Å². The number of amides is 1. The van der Waals surface area contributed by atoms with Crippen molar-refractivity contribution in [1.82, 2.24) is 0 Å². The Balaban J connectivity index is -0.000000252. The molecule has 124 valence electrons. The van der Waals surface area contributed by atoms with Crippen molar-refractivity contribution in [3.63, 3.8) is 0 Å². The Kier molecular flexibility index (Phi) is 16.1. The molecule has 21 heavy (non-hydrogen) atoms. The van der Waals surface area contributed by atoms with E-state index in [9.17, 15) is 19.2 Å². The molecule has 0 fully saturated rings. The van der Waals surface area contributed by atoms with Crippen LogP contribution in [0.15, 0.2) is 0 Å². The lowest BCUT2D eigenvalue weighted by Crippen LogP contribution is -2.31. The second kappa shape index (κ2) is 14.2. The molecular formula is C10H22N4O7. The third-order valence-corrected chi connectivity index (χ3v) is 1.58. The largest absolute Gasteiger partial charge is 0.480 e. The number of carbonyl (C=O) groups is 4. The van der Waals surface area contributed by atoms with Gasteiger partial charge in [-0.05, 0) is 13.3 Å². The number of carboxylic acid groups (broad SMARTS) is 3. The van der Waals surface area contributed by atoms with E-state index < -0.39 is 35.9 Å². The third-order valence-electron chi connectivity index (χ3n) is 1.58. The van der Waals surface area contributed by atoms with Gasteiger partial charge in [0.15, 0.2) is 0 Å². The van der Waals surface area contributed by atoms with Crippen molar-refractivity contribution < 1.29 is 34.5 Å². The van der Waals surface area contributed by atoms with Crippen LogP contribution in [0.3, 0.4) is 0 Å². The van der Waals surface area contributed by atoms with Gasteiger partial charge in [-0.3, -0.25) is 19.2 Å². The minimum absolute atomic E-state index is 0.0213. The summed E-state index contributed by atoms with van der Waals surface area (Å²) in [5.41, 5.74) is 19.2. The van der Waals surface area contributed by atoms with Crippen LogP contribution in [0.1, 0.15) is 19.8 Å². The summed E-state index contributed by atoms with van der Waals surface area (Å²) in [6, 6.07) is -1.71. The molecule has 0 saturated carbocycles. The molecule has 11 heteroatoms. The van der Waals surface area contributed by atoms with E-state index in [1.807, 2.05) is 0 Å². The zero-order chi connectivity index (χ0) is 17.6. The smallest absolute Gasteiger partial charge is 0.320 e. The van der Waals surface area contributed by atoms with E-state index in [0.29, 0.717) is 0 Å². The number of carbonyl (C=O) groups excluding carboxylic acids is 1. The molecule has 0 aliphatic heterocycles. The number of carboxylic acids is 3. The quantitative estimate of drug-likeness (QED) is 0.264. The SMILES string of the molecule is C[C@H](N)C(=O)O.NC(=O)CC[C@H](N)C(=O)O.NCC(=O)O. The molecule has 0 bridgehead atoms. The van der Waals surface area contributed by atoms with Gasteiger partial charge in [-0.25, -0.2) is 0 Å². The monoisotopic (exact) mass is 310 g/mol. The van der Waals surface area contributed by atoms with Gasteiger partial charge in [0.2, 0.25) is 5.91 Å². The summed E-state index contributed by atoms with van der Waals surface area (Å²) in [5, 5.41) is 23.7. The third kappa shape index (κ3) is 27.1. The first kappa shape index (κ1) is 23.8. The first-order valence-electron chi connectivity index (χ1n) is 5.62. The zero-order valence-electron chi connectivity index (χ0n) is 11.6. The average molecular weight is 310 g/mol. The van der Waals surface area contributed by atoms with Gasteiger partial charge in [0.05, 0.1) is 6.54 Å². The van der Waals surface area contributed by atoms with Gasteiger partial charge in [0, 0.05) is 6.42 Å². The Morgan fingerprint density at radius 3 is 1.48 bits per heavy atom. The Morgan fingerprint density at radius 1 is 1.00 bits per heavy atom. The number of primary amides is 1. The fourth-order valence-electron chi connectivity index (χ4n) is 0.421. The highest BCUT2D eigenvalue weighted by atomic mass is 16.4. The van der Waals surface area contributed by atoms with Crippen molar-refractivity contribution in [2.45, 2.75) is 31.8 Å². The molecule has 0 spiro atoms. The lowest BCUT2D eigenvalue weighted by Gasteiger charge is -2.01. The van der Waals surface area contributed by atoms with E-state index in [4.69, 9.17) is 32.5 Å². The summed E-state index contributed by atoms with van der Waals surface area (Å²) < 4.78 is 0. The van der Waals surface area contributed by atoms with E-state index >= 15 is 0 Å². The number of aliphatic carboxylic acids is 3. The molecule has 0 aromatic carbocycles. The average Bonchev–Trinajstić information content (AvgIpc) is 2.36. The molecule has 0 radical (unpaired) electrons. The van der Waals surface area contributed by atoms with E-state index in [1.54, 1.807) is 0 Å². The molecule has 1 amide bonds. The van der Waals surface area contributed by atoms with E-state index in [2.05, 4.69) is 5.73 Å². The van der Waals surface area contributed by atoms with E-state index in [-0.39, 0.29) is 19.4 Å². The maximum Gasteiger partial charge on any atom is 0.320 e. The van der Waals surface area contributed by atoms with Gasteiger partial charge in [-0.2, -0.15) is 0 Å². The maximum atomic E-state index is 10.1. The van der Waals surface area contributed by atoms with Crippen molar-refractivity contribution in [3.8, 4) is 0 Å². The topological polar surface area (TPSA) is 233 Å². The van der Waals surface area contributed by atoms with Gasteiger partial charge in [0.1, 0.15) is 12.1 Å². The lowest BCUT2D eigenvalue weighted by molar-refractivity contribution is -0.139. The molecule has 0 rings (SSSR count). The van der Waals surface area contributed by atoms with Crippen LogP contribution in [-0.4, -0.2) is 57.8 Å². The Hall–Kier alpha value is -2.24. The highest BCUT2D eigenvalue weighted by Gasteiger charge is 2.11. The van der Waals surface area contributed by atoms with Crippen LogP contribution < -0.4 is 22.9 Å². The summed E-state index contributed by atoms with van der Waals surface area (Å²) in [4.78, 5) is 39.0. The summed E-state index contributed by atoms with van der Waals surface area (Å²) in [6.45, 7) is 1.14. The molecular weight excluding hydrogens is 288 g/mol. The minimum Gasteiger partial charge on any atom is -0.480 e. The van der Waals surface area contributed by atoms with Gasteiger partial charge >= 0.3 is 17.9 Å². The van der Waals surface area contributed by atoms with Crippen molar-refractivity contribution in [3.05, 3.63) is 0 Å². The van der Waals surface area contributed by atoms with Crippen molar-refractivity contribution in [2.24, 2.45) is 22.9 Å². The summed E-state index contributed by atoms with van der Waals surface area (Å²) in [7, 11) is 0. The molecule has 0 heterocycles. The molecule has 11 nitrogen and oxygen atoms in total. The van der Waals surface area contributed by atoms with Crippen LogP contribution in [0, 0.1) is 0 Å². The number of hydrogen-bond donors (Lipinski definition) is 7. The van der Waals surface area contributed by atoms with Gasteiger partial charge in [-0.1, -0.05) is 0 Å². The van der Waals surface area contributed by atoms with Crippen LogP contribution in [0.5, 0.6) is 0 Å². The maximum absolute atomic E-state index is 10.1. The van der Waals surface area contributed by atoms with Crippen LogP contribution >= 0.6 is 0 Å². The lowest BCUT2D eigenvalue weighted by atomic mass is 10.2. The molecule has 0 aromatic heterocycles. The van der Waals surface area contributed by atoms with Gasteiger partial charge in [0.25, 0.3) is 0 Å². The second-order valence-electron chi connectivity index (χ2n) is 3.67. The van der Waals surface area contributed by atoms with E-state index in [1.165, 1.54) is 6.92 Å². The number of hydrogen-bond acceptors (Lipinski definition) is 7. The van der Waals surface area contributed by atoms with Gasteiger partial charge < -0.3 is 38.3 Å². The first-order valence-corrected chi connectivity index (χ1v) is 5.62. The minimum atomic E-state index is -1.11. The Morgan fingerprint density at radius 2 is 1.33 bits per heavy atom. The van der Waals surface area contributed by atoms with Crippen molar-refractivity contribution in [2.75, 3.05) is 6.54 Å². The predicted octanol–water partition coefficient (Wildman–Crippen LogP) is -2.89. The number of nitrogens with two attached hydrogens (primary N) is 4. The molecule has 0 aliphatic rings. The molecule has 2 atom stereocenters. The standard InChI is InChI=1S/C5H10N2O3.C3H7NO2.C2H5NO2/c6-3(5(9)10)1-2-4(7)8;1-2(4)3(5)6;3-1-2(4)5/h3H,1-2,6H2,(H2,7,8)(H,9,10);2H,4H2,1H3,(H,5,6);1,3H2,(H,4,5)/t3-;2-;/m00./s1. The van der Waals surface area contributed by atoms with E-state index in [0.717, 1.165) is 0 Å². The van der Waals surface area contributed by atoms with Crippen LogP contribution in [0.2, 0.25) is 0 Å². The highest BCUT2D eigenvalue weighted by molar-refractivity contribution is 5.77. The Bertz CT molecular complexity index is 346. The molecule has 0 unspecified atom stereocenters. The van der Waals surface area contributed by atoms with Crippen LogP contribution in [0.25, 0.3) is 0 Å². The second-order valence-corrected chi connectivity index (χ2v) is 3.67. The van der Waals surface area contributed by atoms with Gasteiger partial charge in [-0.15, -0.1) is 0 Å². The Labute approximate surface area is 120 Å². The molecule has 11 N–H and O–H groups in total. The normalized spacial score (nSPS) is 11.6. The molecule has 0 saturated heterocycles. The summed E-state index contributed by atoms with van der Waals surface area (Å²) in [5.74, 6) is -3.57. The number of rotatable bonds is 6. The van der Waals surface area contributed by atoms with Crippen LogP contribution in [-0.2, 0) is 19.2 Å². The summed E-state index contributed by atoms with van der Waals surface area (Å²) in [6.07, 6.45) is 0.123. The highest BCUT2D eigenvalue weighted by Crippen LogP contribution is 1.92. The molecule has 0 aromatic rings. The fourth-order valence-corrected chi connectivity index (χ4v) is 0.421. The van der Waals surface area contributed by atoms with Crippen molar-refractivity contribution in [1.29, 1.82) is 0 Å². The molecule has 0 aliphatic carbocycles. The summed E-state index contributed by atoms with van der Waals surface area (Å²) >= 11 is 0. The predicted molar refractivity (Wildman–Crippen MR) is 72.0 cm³/mol.